The van der Waals surface area contributed by atoms with E-state index in [1.807, 2.05) is 19.2 Å². The molecule has 2 aliphatic rings. The number of rotatable bonds is 2. The summed E-state index contributed by atoms with van der Waals surface area (Å²) in [7, 11) is 2.00. The van der Waals surface area contributed by atoms with Crippen molar-refractivity contribution >= 4 is 11.8 Å². The van der Waals surface area contributed by atoms with Crippen molar-refractivity contribution in [3.05, 3.63) is 39.9 Å². The number of carbonyl (C=O) groups is 1. The Balaban J connectivity index is 2.09. The summed E-state index contributed by atoms with van der Waals surface area (Å²) < 4.78 is 0. The number of carboxylic acid groups (broad SMARTS) is 1. The molecule has 27 heavy (non-hydrogen) atoms. The van der Waals surface area contributed by atoms with Crippen LogP contribution in [0.15, 0.2) is 24.3 Å². The average molecular weight is 376 g/mol. The molecule has 1 spiro atoms. The summed E-state index contributed by atoms with van der Waals surface area (Å²) in [6.07, 6.45) is 0.608. The summed E-state index contributed by atoms with van der Waals surface area (Å²) in [6, 6.07) is 6.81. The SMILES string of the molecule is CN1CC2(CCN(C(=O)O)CC2)C(c2ccc([N+](=O)[O-])cc2)(C(C)(C)C)N1. The van der Waals surface area contributed by atoms with Crippen LogP contribution in [0.4, 0.5) is 10.5 Å². The highest BCUT2D eigenvalue weighted by atomic mass is 16.6. The van der Waals surface area contributed by atoms with E-state index in [-0.39, 0.29) is 21.4 Å². The van der Waals surface area contributed by atoms with Gasteiger partial charge >= 0.3 is 6.09 Å². The number of hydrogen-bond donors (Lipinski definition) is 2. The zero-order valence-corrected chi connectivity index (χ0v) is 16.4. The number of non-ortho nitro benzene ring substituents is 1. The maximum atomic E-state index is 11.4. The molecule has 1 amide bonds. The molecule has 1 unspecified atom stereocenters. The lowest BCUT2D eigenvalue weighted by atomic mass is 9.53. The van der Waals surface area contributed by atoms with E-state index in [2.05, 4.69) is 31.2 Å². The Labute approximate surface area is 159 Å². The second kappa shape index (κ2) is 6.45. The lowest BCUT2D eigenvalue weighted by Gasteiger charge is -2.55. The molecule has 0 aromatic heterocycles. The number of nitro groups is 1. The van der Waals surface area contributed by atoms with Gasteiger partial charge in [0.2, 0.25) is 0 Å². The molecule has 3 rings (SSSR count). The molecule has 2 N–H and O–H groups in total. The predicted molar refractivity (Wildman–Crippen MR) is 101 cm³/mol. The fourth-order valence-electron chi connectivity index (χ4n) is 5.28. The van der Waals surface area contributed by atoms with Crippen molar-refractivity contribution in [2.45, 2.75) is 39.2 Å². The first-order chi connectivity index (χ1) is 12.5. The Morgan fingerprint density at radius 2 is 1.78 bits per heavy atom. The first-order valence-corrected chi connectivity index (χ1v) is 9.24. The quantitative estimate of drug-likeness (QED) is 0.608. The van der Waals surface area contributed by atoms with E-state index in [0.717, 1.165) is 24.9 Å². The van der Waals surface area contributed by atoms with Gasteiger partial charge < -0.3 is 10.0 Å². The largest absolute Gasteiger partial charge is 0.465 e. The van der Waals surface area contributed by atoms with Crippen molar-refractivity contribution in [2.75, 3.05) is 26.7 Å². The zero-order valence-electron chi connectivity index (χ0n) is 16.4. The molecule has 2 saturated heterocycles. The summed E-state index contributed by atoms with van der Waals surface area (Å²) in [5.41, 5.74) is 3.95. The standard InChI is InChI=1S/C19H28N4O4/c1-17(2,3)19(14-5-7-15(8-6-14)23(26)27)18(13-21(4)20-19)9-11-22(12-10-18)16(24)25/h5-8,20H,9-13H2,1-4H3,(H,24,25). The van der Waals surface area contributed by atoms with E-state index in [1.54, 1.807) is 12.1 Å². The van der Waals surface area contributed by atoms with E-state index in [1.165, 1.54) is 4.90 Å². The fraction of sp³-hybridized carbons (Fsp3) is 0.632. The van der Waals surface area contributed by atoms with Crippen LogP contribution in [0.1, 0.15) is 39.2 Å². The average Bonchev–Trinajstić information content (AvgIpc) is 2.88. The summed E-state index contributed by atoms with van der Waals surface area (Å²) in [5, 5.41) is 22.5. The minimum absolute atomic E-state index is 0.0731. The topological polar surface area (TPSA) is 99.0 Å². The highest BCUT2D eigenvalue weighted by Gasteiger charge is 2.63. The highest BCUT2D eigenvalue weighted by Crippen LogP contribution is 2.59. The number of nitrogens with one attached hydrogen (secondary N) is 1. The minimum atomic E-state index is -0.874. The van der Waals surface area contributed by atoms with Gasteiger partial charge in [-0.05, 0) is 23.8 Å². The molecule has 1 aromatic carbocycles. The van der Waals surface area contributed by atoms with Crippen molar-refractivity contribution < 1.29 is 14.8 Å². The number of piperidine rings is 1. The Kier molecular flexibility index (Phi) is 4.68. The van der Waals surface area contributed by atoms with Crippen LogP contribution in [-0.4, -0.2) is 52.7 Å². The van der Waals surface area contributed by atoms with Gasteiger partial charge in [0.05, 0.1) is 10.5 Å². The van der Waals surface area contributed by atoms with Gasteiger partial charge in [-0.15, -0.1) is 0 Å². The van der Waals surface area contributed by atoms with Crippen LogP contribution >= 0.6 is 0 Å². The van der Waals surface area contributed by atoms with Gasteiger partial charge in [-0.2, -0.15) is 0 Å². The monoisotopic (exact) mass is 376 g/mol. The fourth-order valence-corrected chi connectivity index (χ4v) is 5.28. The predicted octanol–water partition coefficient (Wildman–Crippen LogP) is 3.05. The van der Waals surface area contributed by atoms with Crippen LogP contribution in [0.3, 0.4) is 0 Å². The van der Waals surface area contributed by atoms with Crippen LogP contribution < -0.4 is 5.43 Å². The van der Waals surface area contributed by atoms with Crippen LogP contribution in [0, 0.1) is 20.9 Å². The van der Waals surface area contributed by atoms with Crippen molar-refractivity contribution in [3.63, 3.8) is 0 Å². The van der Waals surface area contributed by atoms with Crippen molar-refractivity contribution in [1.29, 1.82) is 0 Å². The first-order valence-electron chi connectivity index (χ1n) is 9.24. The molecule has 0 aliphatic carbocycles. The number of benzene rings is 1. The normalized spacial score (nSPS) is 25.7. The number of amides is 1. The second-order valence-corrected chi connectivity index (χ2v) is 8.82. The number of hydrogen-bond acceptors (Lipinski definition) is 5. The minimum Gasteiger partial charge on any atom is -0.465 e. The molecule has 0 radical (unpaired) electrons. The third-order valence-corrected chi connectivity index (χ3v) is 6.32. The summed E-state index contributed by atoms with van der Waals surface area (Å²) in [4.78, 5) is 23.6. The molecule has 8 heteroatoms. The molecular weight excluding hydrogens is 348 g/mol. The number of likely N-dealkylation sites (tertiary alicyclic amines) is 1. The number of nitro benzene ring substituents is 1. The van der Waals surface area contributed by atoms with Crippen LogP contribution in [-0.2, 0) is 5.54 Å². The number of hydrazine groups is 1. The molecule has 2 heterocycles. The van der Waals surface area contributed by atoms with Crippen molar-refractivity contribution in [2.24, 2.45) is 10.8 Å². The lowest BCUT2D eigenvalue weighted by molar-refractivity contribution is -0.384. The molecule has 2 fully saturated rings. The van der Waals surface area contributed by atoms with Crippen molar-refractivity contribution in [3.8, 4) is 0 Å². The molecule has 1 atom stereocenters. The lowest BCUT2D eigenvalue weighted by Crippen LogP contribution is -2.61. The number of nitrogens with zero attached hydrogens (tertiary/aromatic N) is 3. The van der Waals surface area contributed by atoms with E-state index in [0.29, 0.717) is 13.1 Å². The highest BCUT2D eigenvalue weighted by molar-refractivity contribution is 5.65. The van der Waals surface area contributed by atoms with E-state index >= 15 is 0 Å². The summed E-state index contributed by atoms with van der Waals surface area (Å²) in [6.45, 7) is 8.31. The molecule has 8 nitrogen and oxygen atoms in total. The Morgan fingerprint density at radius 1 is 1.22 bits per heavy atom. The van der Waals surface area contributed by atoms with Gasteiger partial charge in [0.15, 0.2) is 0 Å². The molecule has 0 saturated carbocycles. The smallest absolute Gasteiger partial charge is 0.407 e. The maximum Gasteiger partial charge on any atom is 0.407 e. The molecule has 148 valence electrons. The maximum absolute atomic E-state index is 11.4. The zero-order chi connectivity index (χ0) is 20.0. The Hall–Kier alpha value is -2.19. The Morgan fingerprint density at radius 3 is 2.22 bits per heavy atom. The summed E-state index contributed by atoms with van der Waals surface area (Å²) in [5.74, 6) is 0. The summed E-state index contributed by atoms with van der Waals surface area (Å²) >= 11 is 0. The van der Waals surface area contributed by atoms with Crippen LogP contribution in [0.2, 0.25) is 0 Å². The van der Waals surface area contributed by atoms with Gasteiger partial charge in [0.1, 0.15) is 0 Å². The second-order valence-electron chi connectivity index (χ2n) is 8.82. The van der Waals surface area contributed by atoms with E-state index in [4.69, 9.17) is 0 Å². The molecular formula is C19H28N4O4. The van der Waals surface area contributed by atoms with Gasteiger partial charge in [0, 0.05) is 44.2 Å². The molecule has 1 aromatic rings. The third kappa shape index (κ3) is 2.96. The van der Waals surface area contributed by atoms with Gasteiger partial charge in [-0.3, -0.25) is 10.1 Å². The van der Waals surface area contributed by atoms with Gasteiger partial charge in [-0.1, -0.05) is 32.9 Å². The van der Waals surface area contributed by atoms with E-state index in [9.17, 15) is 20.0 Å². The van der Waals surface area contributed by atoms with Crippen molar-refractivity contribution in [1.82, 2.24) is 15.3 Å². The van der Waals surface area contributed by atoms with E-state index < -0.39 is 11.6 Å². The first kappa shape index (κ1) is 19.6. The van der Waals surface area contributed by atoms with Gasteiger partial charge in [-0.25, -0.2) is 15.2 Å². The van der Waals surface area contributed by atoms with Gasteiger partial charge in [0.25, 0.3) is 5.69 Å². The molecule has 0 bridgehead atoms. The molecule has 2 aliphatic heterocycles. The van der Waals surface area contributed by atoms with Crippen LogP contribution in [0.5, 0.6) is 0 Å². The third-order valence-electron chi connectivity index (χ3n) is 6.32. The Bertz CT molecular complexity index is 735. The van der Waals surface area contributed by atoms with Crippen LogP contribution in [0.25, 0.3) is 0 Å².